The zero-order chi connectivity index (χ0) is 17.6. The van der Waals surface area contributed by atoms with Crippen LogP contribution in [0.1, 0.15) is 36.0 Å². The summed E-state index contributed by atoms with van der Waals surface area (Å²) in [6.45, 7) is 4.16. The molecule has 1 aliphatic rings. The topological polar surface area (TPSA) is 93.6 Å². The van der Waals surface area contributed by atoms with E-state index in [2.05, 4.69) is 15.4 Å². The lowest BCUT2D eigenvalue weighted by Gasteiger charge is -2.30. The van der Waals surface area contributed by atoms with Gasteiger partial charge in [0.2, 0.25) is 10.0 Å². The van der Waals surface area contributed by atoms with Crippen molar-refractivity contribution in [2.75, 3.05) is 13.1 Å². The molecular weight excluding hydrogens is 342 g/mol. The van der Waals surface area contributed by atoms with Gasteiger partial charge < -0.3 is 4.52 Å². The van der Waals surface area contributed by atoms with Crippen LogP contribution in [-0.4, -0.2) is 45.6 Å². The average Bonchev–Trinajstić information content (AvgIpc) is 3.18. The smallest absolute Gasteiger partial charge is 0.248 e. The van der Waals surface area contributed by atoms with E-state index in [9.17, 15) is 8.42 Å². The number of pyridine rings is 1. The molecule has 0 aliphatic carbocycles. The first-order valence-electron chi connectivity index (χ1n) is 8.21. The van der Waals surface area contributed by atoms with E-state index in [0.717, 1.165) is 11.5 Å². The minimum absolute atomic E-state index is 0.188. The SMILES string of the molecule is Cc1noc(C)c1S(=O)(=O)N1CCC(c2nnc3ccccn23)CC1. The first-order valence-corrected chi connectivity index (χ1v) is 9.65. The summed E-state index contributed by atoms with van der Waals surface area (Å²) in [6.07, 6.45) is 3.36. The molecule has 4 rings (SSSR count). The Balaban J connectivity index is 1.56. The van der Waals surface area contributed by atoms with E-state index in [1.54, 1.807) is 13.8 Å². The van der Waals surface area contributed by atoms with Gasteiger partial charge >= 0.3 is 0 Å². The summed E-state index contributed by atoms with van der Waals surface area (Å²) < 4.78 is 34.3. The van der Waals surface area contributed by atoms with Gasteiger partial charge in [-0.1, -0.05) is 11.2 Å². The predicted molar refractivity (Wildman–Crippen MR) is 89.7 cm³/mol. The van der Waals surface area contributed by atoms with Crippen LogP contribution in [-0.2, 0) is 10.0 Å². The number of hydrogen-bond donors (Lipinski definition) is 0. The van der Waals surface area contributed by atoms with Crippen LogP contribution < -0.4 is 0 Å². The largest absolute Gasteiger partial charge is 0.360 e. The van der Waals surface area contributed by atoms with Crippen molar-refractivity contribution in [2.24, 2.45) is 0 Å². The van der Waals surface area contributed by atoms with Gasteiger partial charge in [-0.15, -0.1) is 10.2 Å². The molecule has 0 bridgehead atoms. The molecule has 1 fully saturated rings. The van der Waals surface area contributed by atoms with Gasteiger partial charge in [0.1, 0.15) is 16.4 Å². The maximum absolute atomic E-state index is 12.9. The lowest BCUT2D eigenvalue weighted by Crippen LogP contribution is -2.38. The quantitative estimate of drug-likeness (QED) is 0.707. The van der Waals surface area contributed by atoms with Gasteiger partial charge in [-0.2, -0.15) is 4.31 Å². The van der Waals surface area contributed by atoms with E-state index in [4.69, 9.17) is 4.52 Å². The van der Waals surface area contributed by atoms with E-state index in [0.29, 0.717) is 37.4 Å². The molecule has 1 aliphatic heterocycles. The average molecular weight is 361 g/mol. The summed E-state index contributed by atoms with van der Waals surface area (Å²) in [7, 11) is -3.58. The number of hydrogen-bond acceptors (Lipinski definition) is 6. The number of aromatic nitrogens is 4. The minimum atomic E-state index is -3.58. The maximum Gasteiger partial charge on any atom is 0.248 e. The Hall–Kier alpha value is -2.26. The van der Waals surface area contributed by atoms with Gasteiger partial charge in [0.05, 0.1) is 0 Å². The first kappa shape index (κ1) is 16.2. The second kappa shape index (κ2) is 5.92. The number of sulfonamides is 1. The van der Waals surface area contributed by atoms with Crippen LogP contribution in [0.3, 0.4) is 0 Å². The molecule has 0 atom stereocenters. The van der Waals surface area contributed by atoms with Gasteiger partial charge in [0.25, 0.3) is 0 Å². The summed E-state index contributed by atoms with van der Waals surface area (Å²) in [4.78, 5) is 0.193. The molecule has 4 heterocycles. The van der Waals surface area contributed by atoms with E-state index in [-0.39, 0.29) is 10.8 Å². The highest BCUT2D eigenvalue weighted by atomic mass is 32.2. The minimum Gasteiger partial charge on any atom is -0.360 e. The van der Waals surface area contributed by atoms with E-state index in [1.165, 1.54) is 4.31 Å². The third kappa shape index (κ3) is 2.63. The molecule has 0 spiro atoms. The number of fused-ring (bicyclic) bond motifs is 1. The Labute approximate surface area is 145 Å². The normalized spacial score (nSPS) is 17.4. The van der Waals surface area contributed by atoms with Crippen LogP contribution in [0, 0.1) is 13.8 Å². The number of nitrogens with zero attached hydrogens (tertiary/aromatic N) is 5. The molecule has 0 unspecified atom stereocenters. The van der Waals surface area contributed by atoms with Crippen molar-refractivity contribution in [1.82, 2.24) is 24.1 Å². The molecule has 3 aromatic rings. The second-order valence-electron chi connectivity index (χ2n) is 6.32. The number of rotatable bonds is 3. The molecule has 1 saturated heterocycles. The summed E-state index contributed by atoms with van der Waals surface area (Å²) in [5.74, 6) is 1.42. The number of aryl methyl sites for hydroxylation is 2. The summed E-state index contributed by atoms with van der Waals surface area (Å²) in [6, 6.07) is 5.77. The molecule has 0 radical (unpaired) electrons. The van der Waals surface area contributed by atoms with Crippen molar-refractivity contribution in [3.8, 4) is 0 Å². The predicted octanol–water partition coefficient (Wildman–Crippen LogP) is 1.90. The summed E-state index contributed by atoms with van der Waals surface area (Å²) in [5.41, 5.74) is 1.21. The molecule has 0 aromatic carbocycles. The van der Waals surface area contributed by atoms with Crippen molar-refractivity contribution >= 4 is 15.7 Å². The van der Waals surface area contributed by atoms with Crippen LogP contribution in [0.4, 0.5) is 0 Å². The fourth-order valence-electron chi connectivity index (χ4n) is 3.46. The van der Waals surface area contributed by atoms with Crippen molar-refractivity contribution in [3.05, 3.63) is 41.7 Å². The molecule has 3 aromatic heterocycles. The van der Waals surface area contributed by atoms with Crippen LogP contribution in [0.5, 0.6) is 0 Å². The monoisotopic (exact) mass is 361 g/mol. The van der Waals surface area contributed by atoms with Crippen LogP contribution in [0.25, 0.3) is 5.65 Å². The summed E-state index contributed by atoms with van der Waals surface area (Å²) >= 11 is 0. The Morgan fingerprint density at radius 3 is 2.60 bits per heavy atom. The number of piperidine rings is 1. The third-order valence-corrected chi connectivity index (χ3v) is 6.87. The Kier molecular flexibility index (Phi) is 3.84. The first-order chi connectivity index (χ1) is 12.0. The zero-order valence-electron chi connectivity index (χ0n) is 14.1. The third-order valence-electron chi connectivity index (χ3n) is 4.72. The molecule has 25 heavy (non-hydrogen) atoms. The van der Waals surface area contributed by atoms with Crippen LogP contribution >= 0.6 is 0 Å². The molecule has 0 N–H and O–H groups in total. The van der Waals surface area contributed by atoms with Gasteiger partial charge in [0.15, 0.2) is 11.4 Å². The highest BCUT2D eigenvalue weighted by Crippen LogP contribution is 2.31. The van der Waals surface area contributed by atoms with Gasteiger partial charge in [-0.3, -0.25) is 4.40 Å². The highest BCUT2D eigenvalue weighted by molar-refractivity contribution is 7.89. The Bertz CT molecular complexity index is 996. The molecule has 132 valence electrons. The highest BCUT2D eigenvalue weighted by Gasteiger charge is 2.35. The maximum atomic E-state index is 12.9. The van der Waals surface area contributed by atoms with Gasteiger partial charge in [0, 0.05) is 25.2 Å². The van der Waals surface area contributed by atoms with Gasteiger partial charge in [-0.25, -0.2) is 8.42 Å². The van der Waals surface area contributed by atoms with Crippen molar-refractivity contribution in [3.63, 3.8) is 0 Å². The molecule has 0 amide bonds. The van der Waals surface area contributed by atoms with Crippen molar-refractivity contribution in [1.29, 1.82) is 0 Å². The molecule has 9 heteroatoms. The van der Waals surface area contributed by atoms with E-state index < -0.39 is 10.0 Å². The fraction of sp³-hybridized carbons (Fsp3) is 0.438. The van der Waals surface area contributed by atoms with E-state index >= 15 is 0 Å². The molecule has 0 saturated carbocycles. The Morgan fingerprint density at radius 1 is 1.16 bits per heavy atom. The van der Waals surface area contributed by atoms with Crippen molar-refractivity contribution < 1.29 is 12.9 Å². The van der Waals surface area contributed by atoms with Crippen LogP contribution in [0.15, 0.2) is 33.8 Å². The summed E-state index contributed by atoms with van der Waals surface area (Å²) in [5, 5.41) is 12.3. The second-order valence-corrected chi connectivity index (χ2v) is 8.19. The van der Waals surface area contributed by atoms with Crippen LogP contribution in [0.2, 0.25) is 0 Å². The van der Waals surface area contributed by atoms with Crippen molar-refractivity contribution in [2.45, 2.75) is 37.5 Å². The molecule has 8 nitrogen and oxygen atoms in total. The zero-order valence-corrected chi connectivity index (χ0v) is 14.9. The Morgan fingerprint density at radius 2 is 1.92 bits per heavy atom. The standard InChI is InChI=1S/C16H19N5O3S/c1-11-15(12(2)24-19-11)25(22,23)20-9-6-13(7-10-20)16-18-17-14-5-3-4-8-21(14)16/h3-5,8,13H,6-7,9-10H2,1-2H3. The van der Waals surface area contributed by atoms with E-state index in [1.807, 2.05) is 28.8 Å². The van der Waals surface area contributed by atoms with Gasteiger partial charge in [-0.05, 0) is 38.8 Å². The lowest BCUT2D eigenvalue weighted by molar-refractivity contribution is 0.312. The fourth-order valence-corrected chi connectivity index (χ4v) is 5.23. The lowest BCUT2D eigenvalue weighted by atomic mass is 9.97. The molecular formula is C16H19N5O3S.